The van der Waals surface area contributed by atoms with E-state index in [2.05, 4.69) is 5.32 Å². The first-order valence-corrected chi connectivity index (χ1v) is 10.4. The Bertz CT molecular complexity index is 1130. The Morgan fingerprint density at radius 1 is 1.06 bits per heavy atom. The highest BCUT2D eigenvalue weighted by Crippen LogP contribution is 2.47. The van der Waals surface area contributed by atoms with Gasteiger partial charge in [-0.3, -0.25) is 4.79 Å². The molecule has 2 aliphatic rings. The molecule has 0 aliphatic carbocycles. The molecular formula is C25H22F2N2O2. The Kier molecular flexibility index (Phi) is 4.94. The van der Waals surface area contributed by atoms with Crippen LogP contribution in [0.25, 0.3) is 11.1 Å². The number of amides is 1. The molecule has 1 saturated heterocycles. The van der Waals surface area contributed by atoms with Crippen LogP contribution in [0.2, 0.25) is 0 Å². The molecule has 0 saturated carbocycles. The summed E-state index contributed by atoms with van der Waals surface area (Å²) in [5.74, 6) is -0.842. The molecule has 2 aliphatic heterocycles. The maximum atomic E-state index is 14.4. The van der Waals surface area contributed by atoms with Gasteiger partial charge in [0.2, 0.25) is 0 Å². The van der Waals surface area contributed by atoms with Crippen molar-refractivity contribution in [1.29, 1.82) is 0 Å². The Balaban J connectivity index is 1.58. The highest BCUT2D eigenvalue weighted by molar-refractivity contribution is 5.95. The van der Waals surface area contributed by atoms with Gasteiger partial charge in [0.05, 0.1) is 18.7 Å². The van der Waals surface area contributed by atoms with Crippen molar-refractivity contribution in [3.8, 4) is 11.1 Å². The number of aliphatic hydroxyl groups excluding tert-OH is 1. The van der Waals surface area contributed by atoms with E-state index >= 15 is 0 Å². The van der Waals surface area contributed by atoms with E-state index in [1.165, 1.54) is 30.3 Å². The molecule has 0 unspecified atom stereocenters. The number of carbonyl (C=O) groups excluding carboxylic acids is 1. The van der Waals surface area contributed by atoms with E-state index in [1.807, 2.05) is 18.2 Å². The number of anilines is 1. The zero-order chi connectivity index (χ0) is 21.5. The summed E-state index contributed by atoms with van der Waals surface area (Å²) in [5, 5.41) is 13.3. The molecule has 0 spiro atoms. The second-order valence-electron chi connectivity index (χ2n) is 8.12. The number of likely N-dealkylation sites (tertiary alicyclic amines) is 1. The van der Waals surface area contributed by atoms with E-state index in [-0.39, 0.29) is 36.3 Å². The van der Waals surface area contributed by atoms with E-state index in [0.29, 0.717) is 17.7 Å². The minimum Gasteiger partial charge on any atom is -0.394 e. The molecule has 0 radical (unpaired) electrons. The van der Waals surface area contributed by atoms with Crippen LogP contribution < -0.4 is 5.32 Å². The summed E-state index contributed by atoms with van der Waals surface area (Å²) in [5.41, 5.74) is 3.40. The SMILES string of the molecule is O=C(c1ccc(F)cc1)N1CC[C@@H]2[C@H](CO)Nc3ccc(-c4ccccc4F)cc3[C@@H]21. The zero-order valence-corrected chi connectivity index (χ0v) is 16.8. The molecule has 3 atom stereocenters. The van der Waals surface area contributed by atoms with Crippen LogP contribution >= 0.6 is 0 Å². The second-order valence-corrected chi connectivity index (χ2v) is 8.12. The van der Waals surface area contributed by atoms with Crippen molar-refractivity contribution in [2.24, 2.45) is 5.92 Å². The molecule has 1 fully saturated rings. The maximum absolute atomic E-state index is 14.4. The summed E-state index contributed by atoms with van der Waals surface area (Å²) in [6, 6.07) is 17.4. The predicted molar refractivity (Wildman–Crippen MR) is 115 cm³/mol. The van der Waals surface area contributed by atoms with Crippen molar-refractivity contribution in [3.63, 3.8) is 0 Å². The fourth-order valence-corrected chi connectivity index (χ4v) is 4.91. The second kappa shape index (κ2) is 7.78. The molecular weight excluding hydrogens is 398 g/mol. The van der Waals surface area contributed by atoms with Crippen LogP contribution in [-0.2, 0) is 0 Å². The average molecular weight is 420 g/mol. The highest BCUT2D eigenvalue weighted by Gasteiger charge is 2.45. The van der Waals surface area contributed by atoms with Gasteiger partial charge in [-0.25, -0.2) is 8.78 Å². The number of fused-ring (bicyclic) bond motifs is 3. The molecule has 6 heteroatoms. The minimum atomic E-state index is -0.391. The van der Waals surface area contributed by atoms with E-state index in [9.17, 15) is 18.7 Å². The minimum absolute atomic E-state index is 0.0257. The smallest absolute Gasteiger partial charge is 0.254 e. The topological polar surface area (TPSA) is 52.6 Å². The summed E-state index contributed by atoms with van der Waals surface area (Å²) in [7, 11) is 0. The monoisotopic (exact) mass is 420 g/mol. The van der Waals surface area contributed by atoms with Crippen molar-refractivity contribution in [2.45, 2.75) is 18.5 Å². The van der Waals surface area contributed by atoms with E-state index in [4.69, 9.17) is 0 Å². The fourth-order valence-electron chi connectivity index (χ4n) is 4.91. The van der Waals surface area contributed by atoms with Crippen LogP contribution in [-0.4, -0.2) is 35.1 Å². The van der Waals surface area contributed by atoms with Crippen LogP contribution in [0, 0.1) is 17.6 Å². The zero-order valence-electron chi connectivity index (χ0n) is 16.8. The Morgan fingerprint density at radius 2 is 1.84 bits per heavy atom. The van der Waals surface area contributed by atoms with Crippen molar-refractivity contribution >= 4 is 11.6 Å². The van der Waals surface area contributed by atoms with E-state index < -0.39 is 5.82 Å². The number of rotatable bonds is 3. The van der Waals surface area contributed by atoms with Crippen molar-refractivity contribution in [2.75, 3.05) is 18.5 Å². The largest absolute Gasteiger partial charge is 0.394 e. The lowest BCUT2D eigenvalue weighted by molar-refractivity contribution is 0.0701. The average Bonchev–Trinajstić information content (AvgIpc) is 3.24. The lowest BCUT2D eigenvalue weighted by Crippen LogP contribution is -2.42. The predicted octanol–water partition coefficient (Wildman–Crippen LogP) is 4.62. The van der Waals surface area contributed by atoms with Gasteiger partial charge in [-0.05, 0) is 60.0 Å². The number of halogens is 2. The first-order valence-electron chi connectivity index (χ1n) is 10.4. The Morgan fingerprint density at radius 3 is 2.58 bits per heavy atom. The van der Waals surface area contributed by atoms with Crippen molar-refractivity contribution in [1.82, 2.24) is 4.90 Å². The number of hydrogen-bond acceptors (Lipinski definition) is 3. The van der Waals surface area contributed by atoms with Gasteiger partial charge in [-0.1, -0.05) is 24.3 Å². The molecule has 4 nitrogen and oxygen atoms in total. The fraction of sp³-hybridized carbons (Fsp3) is 0.240. The van der Waals surface area contributed by atoms with Gasteiger partial charge in [0, 0.05) is 29.3 Å². The number of nitrogens with zero attached hydrogens (tertiary/aromatic N) is 1. The number of nitrogens with one attached hydrogen (secondary N) is 1. The van der Waals surface area contributed by atoms with Crippen LogP contribution in [0.15, 0.2) is 66.7 Å². The van der Waals surface area contributed by atoms with Gasteiger partial charge in [-0.2, -0.15) is 0 Å². The van der Waals surface area contributed by atoms with Gasteiger partial charge in [0.1, 0.15) is 11.6 Å². The number of carbonyl (C=O) groups is 1. The molecule has 3 aromatic carbocycles. The molecule has 3 aromatic rings. The lowest BCUT2D eigenvalue weighted by atomic mass is 9.82. The summed E-state index contributed by atoms with van der Waals surface area (Å²) < 4.78 is 27.7. The van der Waals surface area contributed by atoms with Crippen molar-refractivity contribution < 1.29 is 18.7 Å². The summed E-state index contributed by atoms with van der Waals surface area (Å²) in [4.78, 5) is 15.1. The quantitative estimate of drug-likeness (QED) is 0.650. The molecule has 2 heterocycles. The third kappa shape index (κ3) is 3.37. The summed E-state index contributed by atoms with van der Waals surface area (Å²) in [6.45, 7) is 0.487. The van der Waals surface area contributed by atoms with Crippen LogP contribution in [0.3, 0.4) is 0 Å². The van der Waals surface area contributed by atoms with Crippen LogP contribution in [0.5, 0.6) is 0 Å². The highest BCUT2D eigenvalue weighted by atomic mass is 19.1. The summed E-state index contributed by atoms with van der Waals surface area (Å²) >= 11 is 0. The first-order chi connectivity index (χ1) is 15.1. The van der Waals surface area contributed by atoms with Crippen LogP contribution in [0.1, 0.15) is 28.4 Å². The molecule has 0 aromatic heterocycles. The Labute approximate surface area is 179 Å². The molecule has 158 valence electrons. The molecule has 2 N–H and O–H groups in total. The molecule has 31 heavy (non-hydrogen) atoms. The van der Waals surface area contributed by atoms with Gasteiger partial charge in [-0.15, -0.1) is 0 Å². The van der Waals surface area contributed by atoms with Gasteiger partial charge >= 0.3 is 0 Å². The molecule has 1 amide bonds. The number of benzene rings is 3. The molecule has 5 rings (SSSR count). The van der Waals surface area contributed by atoms with Crippen LogP contribution in [0.4, 0.5) is 14.5 Å². The van der Waals surface area contributed by atoms with Gasteiger partial charge < -0.3 is 15.3 Å². The molecule has 0 bridgehead atoms. The van der Waals surface area contributed by atoms with E-state index in [1.54, 1.807) is 23.1 Å². The third-order valence-electron chi connectivity index (χ3n) is 6.41. The van der Waals surface area contributed by atoms with E-state index in [0.717, 1.165) is 23.2 Å². The number of aliphatic hydroxyl groups is 1. The maximum Gasteiger partial charge on any atom is 0.254 e. The normalized spacial score (nSPS) is 21.9. The first kappa shape index (κ1) is 19.7. The van der Waals surface area contributed by atoms with Gasteiger partial charge in [0.25, 0.3) is 5.91 Å². The Hall–Kier alpha value is -3.25. The van der Waals surface area contributed by atoms with Gasteiger partial charge in [0.15, 0.2) is 0 Å². The summed E-state index contributed by atoms with van der Waals surface area (Å²) in [6.07, 6.45) is 0.735. The number of hydrogen-bond donors (Lipinski definition) is 2. The standard InChI is InChI=1S/C25H22F2N2O2/c26-17-8-5-15(6-9-17)25(31)29-12-11-19-23(14-30)28-22-10-7-16(13-20(22)24(19)29)18-3-1-2-4-21(18)27/h1-10,13,19,23-24,28,30H,11-12,14H2/t19-,23+,24-/m1/s1. The third-order valence-corrected chi connectivity index (χ3v) is 6.41. The lowest BCUT2D eigenvalue weighted by Gasteiger charge is -2.39. The van der Waals surface area contributed by atoms with Crippen molar-refractivity contribution in [3.05, 3.63) is 89.5 Å².